The summed E-state index contributed by atoms with van der Waals surface area (Å²) in [5.74, 6) is 0.105. The van der Waals surface area contributed by atoms with E-state index in [0.717, 1.165) is 10.9 Å². The van der Waals surface area contributed by atoms with Gasteiger partial charge in [-0.3, -0.25) is 9.59 Å². The van der Waals surface area contributed by atoms with Gasteiger partial charge in [-0.1, -0.05) is 43.5 Å². The number of pyridine rings is 1. The lowest BCUT2D eigenvalue weighted by Crippen LogP contribution is -2.25. The molecule has 144 valence electrons. The molecule has 4 N–H and O–H groups in total. The van der Waals surface area contributed by atoms with Crippen molar-refractivity contribution >= 4 is 28.2 Å². The monoisotopic (exact) mass is 375 g/mol. The molecule has 28 heavy (non-hydrogen) atoms. The van der Waals surface area contributed by atoms with Crippen LogP contribution in [0.2, 0.25) is 0 Å². The zero-order chi connectivity index (χ0) is 19.7. The van der Waals surface area contributed by atoms with Crippen molar-refractivity contribution in [2.45, 2.75) is 44.9 Å². The van der Waals surface area contributed by atoms with E-state index >= 15 is 0 Å². The minimum Gasteiger partial charge on any atom is -0.397 e. The van der Waals surface area contributed by atoms with Gasteiger partial charge in [0.15, 0.2) is 0 Å². The quantitative estimate of drug-likeness (QED) is 0.579. The minimum atomic E-state index is -0.443. The summed E-state index contributed by atoms with van der Waals surface area (Å²) in [5, 5.41) is 3.67. The number of hydrogen-bond donors (Lipinski definition) is 3. The summed E-state index contributed by atoms with van der Waals surface area (Å²) in [6, 6.07) is 13.3. The van der Waals surface area contributed by atoms with Gasteiger partial charge < -0.3 is 16.0 Å². The third kappa shape index (κ3) is 3.40. The Kier molecular flexibility index (Phi) is 4.90. The number of anilines is 2. The molecule has 1 saturated carbocycles. The van der Waals surface area contributed by atoms with Crippen LogP contribution in [0.3, 0.4) is 0 Å². The molecular formula is C23H25N3O2. The number of aryl methyl sites for hydroxylation is 1. The Morgan fingerprint density at radius 2 is 1.86 bits per heavy atom. The molecule has 1 amide bonds. The first-order chi connectivity index (χ1) is 13.5. The summed E-state index contributed by atoms with van der Waals surface area (Å²) < 4.78 is 0. The van der Waals surface area contributed by atoms with Crippen molar-refractivity contribution < 1.29 is 4.79 Å². The predicted octanol–water partition coefficient (Wildman–Crippen LogP) is 4.72. The molecule has 2 aromatic carbocycles. The molecule has 5 nitrogen and oxygen atoms in total. The van der Waals surface area contributed by atoms with E-state index in [0.29, 0.717) is 22.9 Å². The fraction of sp³-hybridized carbons (Fsp3) is 0.304. The largest absolute Gasteiger partial charge is 0.397 e. The topological polar surface area (TPSA) is 88.0 Å². The van der Waals surface area contributed by atoms with Crippen molar-refractivity contribution in [3.05, 3.63) is 69.5 Å². The highest BCUT2D eigenvalue weighted by Crippen LogP contribution is 2.35. The van der Waals surface area contributed by atoms with Gasteiger partial charge in [0.05, 0.1) is 11.4 Å². The maximum Gasteiger partial charge on any atom is 0.261 e. The molecule has 0 bridgehead atoms. The van der Waals surface area contributed by atoms with E-state index in [1.54, 1.807) is 6.92 Å². The van der Waals surface area contributed by atoms with E-state index in [4.69, 9.17) is 5.73 Å². The Labute approximate surface area is 164 Å². The standard InChI is InChI=1S/C23H25N3O2/c1-14-17-9-5-6-10-19(17)25-22(27)21(14)23(28)26-20-12-11-16(13-18(20)24)15-7-3-2-4-8-15/h5-6,9-13,15H,2-4,7-8,24H2,1H3,(H,25,27)(H,26,28). The molecule has 1 aliphatic carbocycles. The highest BCUT2D eigenvalue weighted by molar-refractivity contribution is 6.08. The third-order valence-corrected chi connectivity index (χ3v) is 5.81. The maximum atomic E-state index is 12.9. The maximum absolute atomic E-state index is 12.9. The summed E-state index contributed by atoms with van der Waals surface area (Å²) in [7, 11) is 0. The Balaban J connectivity index is 1.62. The Morgan fingerprint density at radius 3 is 2.61 bits per heavy atom. The zero-order valence-corrected chi connectivity index (χ0v) is 16.0. The highest BCUT2D eigenvalue weighted by Gasteiger charge is 2.19. The van der Waals surface area contributed by atoms with Crippen LogP contribution in [0, 0.1) is 6.92 Å². The predicted molar refractivity (Wildman–Crippen MR) is 114 cm³/mol. The van der Waals surface area contributed by atoms with Crippen LogP contribution in [0.5, 0.6) is 0 Å². The number of carbonyl (C=O) groups is 1. The number of hydrogen-bond acceptors (Lipinski definition) is 3. The molecule has 1 aromatic heterocycles. The van der Waals surface area contributed by atoms with Gasteiger partial charge in [-0.05, 0) is 55.0 Å². The zero-order valence-electron chi connectivity index (χ0n) is 16.0. The number of fused-ring (bicyclic) bond motifs is 1. The van der Waals surface area contributed by atoms with Crippen molar-refractivity contribution in [3.8, 4) is 0 Å². The summed E-state index contributed by atoms with van der Waals surface area (Å²) in [6.07, 6.45) is 6.20. The van der Waals surface area contributed by atoms with Crippen LogP contribution in [0.25, 0.3) is 10.9 Å². The van der Waals surface area contributed by atoms with Gasteiger partial charge in [-0.2, -0.15) is 0 Å². The summed E-state index contributed by atoms with van der Waals surface area (Å²) in [5.41, 5.74) is 9.63. The fourth-order valence-electron chi connectivity index (χ4n) is 4.25. The number of amides is 1. The molecule has 0 aliphatic heterocycles. The van der Waals surface area contributed by atoms with E-state index < -0.39 is 11.5 Å². The normalized spacial score (nSPS) is 14.9. The Bertz CT molecular complexity index is 1090. The van der Waals surface area contributed by atoms with Crippen LogP contribution >= 0.6 is 0 Å². The van der Waals surface area contributed by atoms with Crippen LogP contribution in [-0.2, 0) is 0 Å². The number of benzene rings is 2. The van der Waals surface area contributed by atoms with E-state index in [9.17, 15) is 9.59 Å². The first-order valence-electron chi connectivity index (χ1n) is 9.87. The number of nitrogens with one attached hydrogen (secondary N) is 2. The van der Waals surface area contributed by atoms with E-state index in [-0.39, 0.29) is 5.56 Å². The third-order valence-electron chi connectivity index (χ3n) is 5.81. The lowest BCUT2D eigenvalue weighted by Gasteiger charge is -2.22. The minimum absolute atomic E-state index is 0.120. The second-order valence-corrected chi connectivity index (χ2v) is 7.64. The van der Waals surface area contributed by atoms with E-state index in [2.05, 4.69) is 10.3 Å². The molecule has 0 atom stereocenters. The number of rotatable bonds is 3. The lowest BCUT2D eigenvalue weighted by atomic mass is 9.84. The van der Waals surface area contributed by atoms with Crippen molar-refractivity contribution in [1.29, 1.82) is 0 Å². The molecule has 0 saturated heterocycles. The second-order valence-electron chi connectivity index (χ2n) is 7.64. The second kappa shape index (κ2) is 7.50. The number of carbonyl (C=O) groups excluding carboxylic acids is 1. The first-order valence-corrected chi connectivity index (χ1v) is 9.87. The number of nitrogens with two attached hydrogens (primary N) is 1. The van der Waals surface area contributed by atoms with Gasteiger partial charge in [0.25, 0.3) is 11.5 Å². The molecule has 1 aliphatic rings. The molecule has 5 heteroatoms. The molecule has 1 fully saturated rings. The molecular weight excluding hydrogens is 350 g/mol. The number of aromatic nitrogens is 1. The van der Waals surface area contributed by atoms with Crippen molar-refractivity contribution in [3.63, 3.8) is 0 Å². The van der Waals surface area contributed by atoms with Crippen molar-refractivity contribution in [2.24, 2.45) is 0 Å². The Hall–Kier alpha value is -3.08. The van der Waals surface area contributed by atoms with Gasteiger partial charge >= 0.3 is 0 Å². The smallest absolute Gasteiger partial charge is 0.261 e. The number of para-hydroxylation sites is 1. The Morgan fingerprint density at radius 1 is 1.11 bits per heavy atom. The first kappa shape index (κ1) is 18.3. The van der Waals surface area contributed by atoms with Crippen molar-refractivity contribution in [1.82, 2.24) is 4.98 Å². The molecule has 0 unspecified atom stereocenters. The molecule has 4 rings (SSSR count). The number of H-pyrrole nitrogens is 1. The van der Waals surface area contributed by atoms with Gasteiger partial charge in [0.2, 0.25) is 0 Å². The molecule has 1 heterocycles. The fourth-order valence-corrected chi connectivity index (χ4v) is 4.25. The molecule has 3 aromatic rings. The lowest BCUT2D eigenvalue weighted by molar-refractivity contribution is 0.102. The summed E-state index contributed by atoms with van der Waals surface area (Å²) >= 11 is 0. The SMILES string of the molecule is Cc1c(C(=O)Nc2ccc(C3CCCCC3)cc2N)c(=O)[nH]c2ccccc12. The van der Waals surface area contributed by atoms with Gasteiger partial charge in [-0.25, -0.2) is 0 Å². The number of nitrogen functional groups attached to an aromatic ring is 1. The summed E-state index contributed by atoms with van der Waals surface area (Å²) in [4.78, 5) is 28.1. The van der Waals surface area contributed by atoms with Crippen molar-refractivity contribution in [2.75, 3.05) is 11.1 Å². The van der Waals surface area contributed by atoms with E-state index in [1.165, 1.54) is 37.7 Å². The summed E-state index contributed by atoms with van der Waals surface area (Å²) in [6.45, 7) is 1.79. The molecule has 0 spiro atoms. The molecule has 0 radical (unpaired) electrons. The average Bonchev–Trinajstić information content (AvgIpc) is 2.70. The van der Waals surface area contributed by atoms with Gasteiger partial charge in [-0.15, -0.1) is 0 Å². The average molecular weight is 375 g/mol. The van der Waals surface area contributed by atoms with Crippen LogP contribution in [0.4, 0.5) is 11.4 Å². The van der Waals surface area contributed by atoms with E-state index in [1.807, 2.05) is 42.5 Å². The van der Waals surface area contributed by atoms with Gasteiger partial charge in [0, 0.05) is 10.9 Å². The van der Waals surface area contributed by atoms with Crippen LogP contribution in [0.15, 0.2) is 47.3 Å². The van der Waals surface area contributed by atoms with Crippen LogP contribution in [-0.4, -0.2) is 10.9 Å². The number of aromatic amines is 1. The van der Waals surface area contributed by atoms with Gasteiger partial charge in [0.1, 0.15) is 5.56 Å². The van der Waals surface area contributed by atoms with Crippen LogP contribution < -0.4 is 16.6 Å². The van der Waals surface area contributed by atoms with Crippen LogP contribution in [0.1, 0.15) is 59.5 Å². The highest BCUT2D eigenvalue weighted by atomic mass is 16.2.